The van der Waals surface area contributed by atoms with Crippen LogP contribution >= 0.6 is 0 Å². The number of ether oxygens (including phenoxy) is 1. The molecule has 1 aliphatic carbocycles. The normalized spacial score (nSPS) is 15.0. The molecule has 2 unspecified atom stereocenters. The number of hydrogen-bond donors (Lipinski definition) is 3. The molecule has 0 fully saturated rings. The van der Waals surface area contributed by atoms with Crippen LogP contribution in [0.3, 0.4) is 0 Å². The smallest absolute Gasteiger partial charge is 0.407 e. The maximum Gasteiger partial charge on any atom is 0.407 e. The van der Waals surface area contributed by atoms with Gasteiger partial charge in [-0.2, -0.15) is 0 Å². The topological polar surface area (TPSA) is 105 Å². The van der Waals surface area contributed by atoms with E-state index in [-0.39, 0.29) is 37.4 Å². The van der Waals surface area contributed by atoms with Gasteiger partial charge in [-0.25, -0.2) is 4.79 Å². The van der Waals surface area contributed by atoms with E-state index in [1.54, 1.807) is 6.92 Å². The van der Waals surface area contributed by atoms with E-state index in [1.807, 2.05) is 45.0 Å². The second-order valence-corrected chi connectivity index (χ2v) is 9.97. The Morgan fingerprint density at radius 3 is 2.09 bits per heavy atom. The molecule has 0 saturated heterocycles. The zero-order valence-corrected chi connectivity index (χ0v) is 21.0. The Bertz CT molecular complexity index is 1020. The molecule has 1 aliphatic rings. The Kier molecular flexibility index (Phi) is 8.54. The van der Waals surface area contributed by atoms with Crippen molar-refractivity contribution in [3.63, 3.8) is 0 Å². The van der Waals surface area contributed by atoms with Gasteiger partial charge in [0.05, 0.1) is 11.3 Å². The molecular formula is C28H36N2O5. The first-order valence-corrected chi connectivity index (χ1v) is 12.3. The number of carboxylic acids is 1. The van der Waals surface area contributed by atoms with Crippen LogP contribution in [0.15, 0.2) is 48.5 Å². The molecule has 7 heteroatoms. The number of nitrogens with one attached hydrogen (secondary N) is 2. The van der Waals surface area contributed by atoms with Crippen molar-refractivity contribution in [3.05, 3.63) is 59.7 Å². The van der Waals surface area contributed by atoms with Gasteiger partial charge < -0.3 is 20.5 Å². The summed E-state index contributed by atoms with van der Waals surface area (Å²) < 4.78 is 5.57. The molecule has 0 saturated carbocycles. The molecule has 2 atom stereocenters. The largest absolute Gasteiger partial charge is 0.481 e. The molecule has 2 aromatic carbocycles. The van der Waals surface area contributed by atoms with E-state index >= 15 is 0 Å². The summed E-state index contributed by atoms with van der Waals surface area (Å²) >= 11 is 0. The average molecular weight is 481 g/mol. The van der Waals surface area contributed by atoms with Crippen LogP contribution in [0, 0.1) is 17.3 Å². The number of hydrogen-bond acceptors (Lipinski definition) is 4. The lowest BCUT2D eigenvalue weighted by Gasteiger charge is -2.28. The van der Waals surface area contributed by atoms with Crippen molar-refractivity contribution < 1.29 is 24.2 Å². The molecule has 0 aromatic heterocycles. The SMILES string of the molecule is CCC(C)(CNC(=O)OCC1c2ccccc2-c2ccccc21)C(=O)NCC(CC(C)C)C(=O)O. The molecule has 188 valence electrons. The highest BCUT2D eigenvalue weighted by Gasteiger charge is 2.34. The van der Waals surface area contributed by atoms with E-state index in [0.29, 0.717) is 12.8 Å². The van der Waals surface area contributed by atoms with E-state index < -0.39 is 23.4 Å². The van der Waals surface area contributed by atoms with Crippen LogP contribution < -0.4 is 10.6 Å². The number of benzene rings is 2. The number of carbonyl (C=O) groups excluding carboxylic acids is 2. The second-order valence-electron chi connectivity index (χ2n) is 9.97. The van der Waals surface area contributed by atoms with Crippen LogP contribution in [0.4, 0.5) is 4.79 Å². The molecule has 0 bridgehead atoms. The number of fused-ring (bicyclic) bond motifs is 3. The first kappa shape index (κ1) is 26.3. The minimum Gasteiger partial charge on any atom is -0.481 e. The summed E-state index contributed by atoms with van der Waals surface area (Å²) in [5.74, 6) is -1.68. The number of amides is 2. The quantitative estimate of drug-likeness (QED) is 0.428. The summed E-state index contributed by atoms with van der Waals surface area (Å²) in [5, 5.41) is 14.9. The van der Waals surface area contributed by atoms with Gasteiger partial charge in [-0.3, -0.25) is 9.59 Å². The number of carbonyl (C=O) groups is 3. The van der Waals surface area contributed by atoms with Crippen LogP contribution in [0.1, 0.15) is 57.6 Å². The first-order valence-electron chi connectivity index (χ1n) is 12.3. The molecule has 0 radical (unpaired) electrons. The van der Waals surface area contributed by atoms with Gasteiger partial charge in [0, 0.05) is 19.0 Å². The Morgan fingerprint density at radius 1 is 1.00 bits per heavy atom. The summed E-state index contributed by atoms with van der Waals surface area (Å²) in [6.07, 6.45) is 0.378. The van der Waals surface area contributed by atoms with E-state index in [4.69, 9.17) is 4.74 Å². The Balaban J connectivity index is 1.55. The Morgan fingerprint density at radius 2 is 1.57 bits per heavy atom. The lowest BCUT2D eigenvalue weighted by Crippen LogP contribution is -2.48. The summed E-state index contributed by atoms with van der Waals surface area (Å²) in [6.45, 7) is 7.87. The fraction of sp³-hybridized carbons (Fsp3) is 0.464. The molecule has 0 heterocycles. The second kappa shape index (κ2) is 11.4. The van der Waals surface area contributed by atoms with Gasteiger partial charge in [-0.15, -0.1) is 0 Å². The maximum atomic E-state index is 12.9. The van der Waals surface area contributed by atoms with E-state index in [2.05, 4.69) is 34.9 Å². The van der Waals surface area contributed by atoms with E-state index in [0.717, 1.165) is 22.3 Å². The number of rotatable bonds is 11. The molecule has 7 nitrogen and oxygen atoms in total. The van der Waals surface area contributed by atoms with Crippen molar-refractivity contribution in [1.29, 1.82) is 0 Å². The Labute approximate surface area is 207 Å². The molecule has 2 aromatic rings. The molecular weight excluding hydrogens is 444 g/mol. The van der Waals surface area contributed by atoms with Crippen molar-refractivity contribution in [2.75, 3.05) is 19.7 Å². The molecule has 3 N–H and O–H groups in total. The van der Waals surface area contributed by atoms with E-state index in [1.165, 1.54) is 0 Å². The van der Waals surface area contributed by atoms with Crippen LogP contribution in [-0.4, -0.2) is 42.8 Å². The number of alkyl carbamates (subject to hydrolysis) is 1. The number of aliphatic carboxylic acids is 1. The van der Waals surface area contributed by atoms with Crippen molar-refractivity contribution in [2.24, 2.45) is 17.3 Å². The van der Waals surface area contributed by atoms with Gasteiger partial charge in [0.2, 0.25) is 5.91 Å². The standard InChI is InChI=1S/C28H36N2O5/c1-5-28(4,26(33)29-15-19(25(31)32)14-18(2)3)17-30-27(34)35-16-24-22-12-8-6-10-20(22)21-11-7-9-13-23(21)24/h6-13,18-19,24H,5,14-17H2,1-4H3,(H,29,33)(H,30,34)(H,31,32). The zero-order valence-electron chi connectivity index (χ0n) is 21.0. The van der Waals surface area contributed by atoms with Gasteiger partial charge in [0.15, 0.2) is 0 Å². The third kappa shape index (κ3) is 6.21. The lowest BCUT2D eigenvalue weighted by atomic mass is 9.86. The molecule has 2 amide bonds. The average Bonchev–Trinajstić information content (AvgIpc) is 3.16. The summed E-state index contributed by atoms with van der Waals surface area (Å²) in [6, 6.07) is 16.3. The van der Waals surface area contributed by atoms with Crippen molar-refractivity contribution >= 4 is 18.0 Å². The predicted octanol–water partition coefficient (Wildman–Crippen LogP) is 4.80. The van der Waals surface area contributed by atoms with Gasteiger partial charge in [0.25, 0.3) is 0 Å². The van der Waals surface area contributed by atoms with Gasteiger partial charge in [-0.05, 0) is 47.9 Å². The fourth-order valence-corrected chi connectivity index (χ4v) is 4.55. The number of carboxylic acid groups (broad SMARTS) is 1. The first-order chi connectivity index (χ1) is 16.7. The van der Waals surface area contributed by atoms with Crippen molar-refractivity contribution in [3.8, 4) is 11.1 Å². The minimum absolute atomic E-state index is 0.0390. The maximum absolute atomic E-state index is 12.9. The van der Waals surface area contributed by atoms with Gasteiger partial charge in [0.1, 0.15) is 6.61 Å². The van der Waals surface area contributed by atoms with Crippen molar-refractivity contribution in [1.82, 2.24) is 10.6 Å². The molecule has 0 aliphatic heterocycles. The third-order valence-electron chi connectivity index (χ3n) is 6.91. The summed E-state index contributed by atoms with van der Waals surface area (Å²) in [7, 11) is 0. The molecule has 0 spiro atoms. The van der Waals surface area contributed by atoms with Crippen LogP contribution in [0.5, 0.6) is 0 Å². The minimum atomic E-state index is -0.922. The molecule has 35 heavy (non-hydrogen) atoms. The predicted molar refractivity (Wildman–Crippen MR) is 135 cm³/mol. The monoisotopic (exact) mass is 480 g/mol. The lowest BCUT2D eigenvalue weighted by molar-refractivity contribution is -0.142. The van der Waals surface area contributed by atoms with Crippen LogP contribution in [-0.2, 0) is 14.3 Å². The van der Waals surface area contributed by atoms with E-state index in [9.17, 15) is 19.5 Å². The highest BCUT2D eigenvalue weighted by molar-refractivity contribution is 5.84. The highest BCUT2D eigenvalue weighted by Crippen LogP contribution is 2.44. The summed E-state index contributed by atoms with van der Waals surface area (Å²) in [5.41, 5.74) is 3.70. The van der Waals surface area contributed by atoms with Crippen LogP contribution in [0.25, 0.3) is 11.1 Å². The Hall–Kier alpha value is -3.35. The molecule has 3 rings (SSSR count). The van der Waals surface area contributed by atoms with Gasteiger partial charge >= 0.3 is 12.1 Å². The van der Waals surface area contributed by atoms with Crippen molar-refractivity contribution in [2.45, 2.75) is 46.5 Å². The van der Waals surface area contributed by atoms with Crippen LogP contribution in [0.2, 0.25) is 0 Å². The third-order valence-corrected chi connectivity index (χ3v) is 6.91. The summed E-state index contributed by atoms with van der Waals surface area (Å²) in [4.78, 5) is 36.9. The highest BCUT2D eigenvalue weighted by atomic mass is 16.5. The fourth-order valence-electron chi connectivity index (χ4n) is 4.55. The zero-order chi connectivity index (χ0) is 25.6. The van der Waals surface area contributed by atoms with Gasteiger partial charge in [-0.1, -0.05) is 69.3 Å².